The Balaban J connectivity index is 1.45. The van der Waals surface area contributed by atoms with Crippen LogP contribution >= 0.6 is 0 Å². The Morgan fingerprint density at radius 2 is 1.61 bits per heavy atom. The number of nitrogens with zero attached hydrogens (tertiary/aromatic N) is 2. The fourth-order valence-corrected chi connectivity index (χ4v) is 5.66. The van der Waals surface area contributed by atoms with Crippen LogP contribution < -0.4 is 37.6 Å². The number of nitrogens with two attached hydrogens (primary N) is 1. The fourth-order valence-electron chi connectivity index (χ4n) is 2.90. The molecule has 2 amide bonds. The predicted octanol–water partition coefficient (Wildman–Crippen LogP) is 1.81. The molecule has 3 aromatic carbocycles. The number of rotatable bonds is 5. The number of anilines is 3. The number of hydrogen-bond acceptors (Lipinski definition) is 4. The van der Waals surface area contributed by atoms with Gasteiger partial charge in [-0.2, -0.15) is 0 Å². The maximum atomic E-state index is 12.6. The topological polar surface area (TPSA) is 92.9 Å². The van der Waals surface area contributed by atoms with E-state index in [4.69, 9.17) is 5.73 Å². The van der Waals surface area contributed by atoms with Crippen molar-refractivity contribution in [3.05, 3.63) is 97.6 Å². The number of carbonyl (C=O) groups is 1. The van der Waals surface area contributed by atoms with E-state index in [2.05, 4.69) is 26.9 Å². The molecule has 31 heavy (non-hydrogen) atoms. The quantitative estimate of drug-likeness (QED) is 0.276. The number of amides is 2. The van der Waals surface area contributed by atoms with E-state index < -0.39 is 21.2 Å². The molecule has 4 aromatic rings. The van der Waals surface area contributed by atoms with Gasteiger partial charge in [-0.3, -0.25) is 0 Å². The molecule has 0 aliphatic rings. The van der Waals surface area contributed by atoms with Crippen molar-refractivity contribution < 1.29 is 26.0 Å². The summed E-state index contributed by atoms with van der Waals surface area (Å²) in [6.45, 7) is 2.05. The summed E-state index contributed by atoms with van der Waals surface area (Å²) in [6, 6.07) is 26.8. The van der Waals surface area contributed by atoms with Crippen LogP contribution in [0.15, 0.2) is 84.9 Å². The van der Waals surface area contributed by atoms with Crippen molar-refractivity contribution >= 4 is 23.2 Å². The average molecular weight is 522 g/mol. The second-order valence-corrected chi connectivity index (χ2v) is 9.71. The van der Waals surface area contributed by atoms with Crippen LogP contribution in [0.5, 0.6) is 0 Å². The number of para-hydroxylation sites is 1. The van der Waals surface area contributed by atoms with E-state index in [1.54, 1.807) is 6.07 Å². The van der Waals surface area contributed by atoms with Crippen LogP contribution in [0.3, 0.4) is 0 Å². The second kappa shape index (κ2) is 9.57. The first-order valence-corrected chi connectivity index (χ1v) is 11.8. The molecule has 6 nitrogen and oxygen atoms in total. The normalized spacial score (nSPS) is 10.6. The Morgan fingerprint density at radius 1 is 0.839 bits per heavy atom. The van der Waals surface area contributed by atoms with Crippen molar-refractivity contribution in [2.75, 3.05) is 16.4 Å². The molecule has 7 heteroatoms. The summed E-state index contributed by atoms with van der Waals surface area (Å²) in [5.74, 6) is 0.382. The first-order chi connectivity index (χ1) is 15.1. The van der Waals surface area contributed by atoms with E-state index in [0.717, 1.165) is 29.8 Å². The van der Waals surface area contributed by atoms with Gasteiger partial charge in [-0.15, -0.1) is 0 Å². The number of benzene rings is 3. The molecule has 4 rings (SSSR count). The van der Waals surface area contributed by atoms with Crippen molar-refractivity contribution in [1.82, 2.24) is 10.2 Å². The molecular formula is C24H21IN5O-. The predicted molar refractivity (Wildman–Crippen MR) is 120 cm³/mol. The van der Waals surface area contributed by atoms with Crippen LogP contribution in [0.1, 0.15) is 5.56 Å². The van der Waals surface area contributed by atoms with Gasteiger partial charge in [0.2, 0.25) is 0 Å². The number of halogens is 1. The molecule has 0 radical (unpaired) electrons. The number of carbonyl (C=O) groups excluding carboxylic acids is 1. The number of nitrogens with one attached hydrogen (secondary N) is 2. The molecule has 0 saturated heterocycles. The first-order valence-electron chi connectivity index (χ1n) is 9.65. The monoisotopic (exact) mass is 522 g/mol. The van der Waals surface area contributed by atoms with Gasteiger partial charge in [-0.1, -0.05) is 6.07 Å². The summed E-state index contributed by atoms with van der Waals surface area (Å²) < 4.78 is 2.22. The standard InChI is InChI=1S/C24H21IN5O/c1-16-11-12-20(26)19(15-16)25-18-9-5-6-10-22(18)27-24(31)28-23-14-13-21(29-30-23)17-7-3-2-4-8-17/h2-15H,26H2,1H3,(H2,27,28,30,31)/q-1. The third-order valence-electron chi connectivity index (χ3n) is 4.46. The SMILES string of the molecule is Cc1ccc(N)c([I-]c2ccccc2NC(=O)Nc2ccc(-c3ccccc3)nn2)c1. The van der Waals surface area contributed by atoms with Crippen LogP contribution in [0, 0.1) is 14.1 Å². The summed E-state index contributed by atoms with van der Waals surface area (Å²) in [6.07, 6.45) is 0. The molecule has 1 aromatic heterocycles. The molecule has 0 bridgehead atoms. The molecule has 156 valence electrons. The Kier molecular flexibility index (Phi) is 6.42. The molecule has 0 fully saturated rings. The summed E-state index contributed by atoms with van der Waals surface area (Å²) in [5, 5.41) is 14.0. The Labute approximate surface area is 191 Å². The van der Waals surface area contributed by atoms with Crippen LogP contribution in [-0.4, -0.2) is 16.2 Å². The summed E-state index contributed by atoms with van der Waals surface area (Å²) >= 11 is -0.550. The zero-order chi connectivity index (χ0) is 21.6. The minimum atomic E-state index is -0.550. The number of urea groups is 1. The van der Waals surface area contributed by atoms with Gasteiger partial charge in [0.25, 0.3) is 0 Å². The Bertz CT molecular complexity index is 1200. The Morgan fingerprint density at radius 3 is 2.39 bits per heavy atom. The number of hydrogen-bond donors (Lipinski definition) is 3. The maximum absolute atomic E-state index is 12.6. The van der Waals surface area contributed by atoms with E-state index in [0.29, 0.717) is 5.82 Å². The van der Waals surface area contributed by atoms with Crippen molar-refractivity contribution in [1.29, 1.82) is 0 Å². The van der Waals surface area contributed by atoms with Gasteiger partial charge < -0.3 is 0 Å². The number of aromatic nitrogens is 2. The van der Waals surface area contributed by atoms with Crippen LogP contribution in [0.4, 0.5) is 22.0 Å². The van der Waals surface area contributed by atoms with E-state index in [1.807, 2.05) is 79.7 Å². The van der Waals surface area contributed by atoms with Gasteiger partial charge in [0, 0.05) is 0 Å². The molecule has 4 N–H and O–H groups in total. The fraction of sp³-hybridized carbons (Fsp3) is 0.0417. The van der Waals surface area contributed by atoms with Gasteiger partial charge in [0.1, 0.15) is 0 Å². The van der Waals surface area contributed by atoms with Crippen molar-refractivity contribution in [3.8, 4) is 11.3 Å². The molecule has 0 atom stereocenters. The summed E-state index contributed by atoms with van der Waals surface area (Å²) in [4.78, 5) is 12.6. The first kappa shape index (κ1) is 20.8. The average Bonchev–Trinajstić information content (AvgIpc) is 2.79. The molecule has 0 unspecified atom stereocenters. The van der Waals surface area contributed by atoms with Gasteiger partial charge in [0.05, 0.1) is 0 Å². The summed E-state index contributed by atoms with van der Waals surface area (Å²) in [5.41, 5.74) is 10.6. The van der Waals surface area contributed by atoms with Gasteiger partial charge in [-0.25, -0.2) is 0 Å². The van der Waals surface area contributed by atoms with Crippen LogP contribution in [-0.2, 0) is 0 Å². The zero-order valence-electron chi connectivity index (χ0n) is 16.8. The molecule has 0 aliphatic carbocycles. The van der Waals surface area contributed by atoms with E-state index in [-0.39, 0.29) is 6.03 Å². The minimum absolute atomic E-state index is 0.365. The van der Waals surface area contributed by atoms with Crippen molar-refractivity contribution in [3.63, 3.8) is 0 Å². The molecule has 0 spiro atoms. The number of nitrogen functional groups attached to an aromatic ring is 1. The third kappa shape index (κ3) is 5.37. The second-order valence-electron chi connectivity index (χ2n) is 6.85. The number of aryl methyl sites for hydroxylation is 1. The summed E-state index contributed by atoms with van der Waals surface area (Å²) in [7, 11) is 0. The zero-order valence-corrected chi connectivity index (χ0v) is 19.0. The van der Waals surface area contributed by atoms with Gasteiger partial charge >= 0.3 is 186 Å². The molecule has 0 aliphatic heterocycles. The third-order valence-corrected chi connectivity index (χ3v) is 7.49. The molecular weight excluding hydrogens is 501 g/mol. The van der Waals surface area contributed by atoms with Crippen LogP contribution in [0.2, 0.25) is 0 Å². The van der Waals surface area contributed by atoms with Crippen molar-refractivity contribution in [2.45, 2.75) is 6.92 Å². The van der Waals surface area contributed by atoms with E-state index in [9.17, 15) is 4.79 Å². The van der Waals surface area contributed by atoms with Gasteiger partial charge in [-0.05, 0) is 0 Å². The van der Waals surface area contributed by atoms with E-state index in [1.165, 1.54) is 5.56 Å². The molecule has 1 heterocycles. The van der Waals surface area contributed by atoms with Gasteiger partial charge in [0.15, 0.2) is 0 Å². The van der Waals surface area contributed by atoms with Crippen molar-refractivity contribution in [2.24, 2.45) is 0 Å². The molecule has 0 saturated carbocycles. The van der Waals surface area contributed by atoms with E-state index >= 15 is 0 Å². The Hall–Kier alpha value is -3.46. The van der Waals surface area contributed by atoms with Crippen LogP contribution in [0.25, 0.3) is 11.3 Å².